The van der Waals surface area contributed by atoms with Gasteiger partial charge in [0.2, 0.25) is 5.91 Å². The molecule has 0 bridgehead atoms. The first-order valence-electron chi connectivity index (χ1n) is 8.56. The summed E-state index contributed by atoms with van der Waals surface area (Å²) in [5, 5.41) is 3.19. The van der Waals surface area contributed by atoms with Gasteiger partial charge in [0.15, 0.2) is 0 Å². The molecule has 128 valence electrons. The molecule has 23 heavy (non-hydrogen) atoms. The Morgan fingerprint density at radius 2 is 1.87 bits per heavy atom. The van der Waals surface area contributed by atoms with Gasteiger partial charge in [0, 0.05) is 6.04 Å². The van der Waals surface area contributed by atoms with E-state index in [1.165, 1.54) is 12.8 Å². The zero-order valence-corrected chi connectivity index (χ0v) is 15.0. The topological polar surface area (TPSA) is 41.6 Å². The molecule has 4 heteroatoms. The van der Waals surface area contributed by atoms with Crippen molar-refractivity contribution in [3.8, 4) is 5.75 Å². The minimum absolute atomic E-state index is 0.0260. The second kappa shape index (κ2) is 7.82. The molecule has 1 aromatic carbocycles. The van der Waals surface area contributed by atoms with Gasteiger partial charge < -0.3 is 10.1 Å². The molecule has 0 heterocycles. The summed E-state index contributed by atoms with van der Waals surface area (Å²) in [7, 11) is 3.70. The fraction of sp³-hybridized carbons (Fsp3) is 0.632. The largest absolute Gasteiger partial charge is 0.497 e. The molecule has 0 aromatic heterocycles. The van der Waals surface area contributed by atoms with Gasteiger partial charge >= 0.3 is 0 Å². The summed E-state index contributed by atoms with van der Waals surface area (Å²) in [5.41, 5.74) is 1.12. The molecule has 1 aliphatic rings. The van der Waals surface area contributed by atoms with Crippen molar-refractivity contribution in [2.45, 2.75) is 45.7 Å². The number of benzene rings is 1. The van der Waals surface area contributed by atoms with Crippen LogP contribution in [-0.4, -0.2) is 37.6 Å². The smallest absolute Gasteiger partial charge is 0.234 e. The van der Waals surface area contributed by atoms with E-state index in [-0.39, 0.29) is 11.9 Å². The van der Waals surface area contributed by atoms with E-state index in [1.807, 2.05) is 31.3 Å². The Balaban J connectivity index is 1.96. The number of nitrogens with zero attached hydrogens (tertiary/aromatic N) is 1. The molecule has 2 rings (SSSR count). The van der Waals surface area contributed by atoms with Gasteiger partial charge in [-0.15, -0.1) is 0 Å². The lowest BCUT2D eigenvalue weighted by Crippen LogP contribution is -2.42. The lowest BCUT2D eigenvalue weighted by atomic mass is 9.96. The monoisotopic (exact) mass is 318 g/mol. The molecular formula is C19H30N2O2. The van der Waals surface area contributed by atoms with Gasteiger partial charge in [-0.1, -0.05) is 26.0 Å². The number of amides is 1. The first kappa shape index (κ1) is 17.8. The highest BCUT2D eigenvalue weighted by Gasteiger charge is 2.31. The van der Waals surface area contributed by atoms with Crippen molar-refractivity contribution in [1.82, 2.24) is 10.2 Å². The first-order valence-corrected chi connectivity index (χ1v) is 8.56. The number of methoxy groups -OCH3 is 1. The molecule has 1 N–H and O–H groups in total. The zero-order chi connectivity index (χ0) is 17.0. The van der Waals surface area contributed by atoms with Crippen LogP contribution in [0.3, 0.4) is 0 Å². The molecule has 1 fully saturated rings. The Morgan fingerprint density at radius 1 is 1.26 bits per heavy atom. The summed E-state index contributed by atoms with van der Waals surface area (Å²) in [6.07, 6.45) is 2.60. The van der Waals surface area contributed by atoms with E-state index in [2.05, 4.69) is 31.0 Å². The highest BCUT2D eigenvalue weighted by Crippen LogP contribution is 2.34. The van der Waals surface area contributed by atoms with Crippen LogP contribution in [-0.2, 0) is 4.79 Å². The van der Waals surface area contributed by atoms with Crippen LogP contribution in [0.2, 0.25) is 0 Å². The predicted molar refractivity (Wildman–Crippen MR) is 93.5 cm³/mol. The number of hydrogen-bond acceptors (Lipinski definition) is 3. The van der Waals surface area contributed by atoms with Crippen LogP contribution in [0, 0.1) is 11.8 Å². The number of likely N-dealkylation sites (N-methyl/N-ethyl adjacent to an activating group) is 1. The highest BCUT2D eigenvalue weighted by molar-refractivity contribution is 5.78. The van der Waals surface area contributed by atoms with Gasteiger partial charge in [-0.05, 0) is 56.3 Å². The Morgan fingerprint density at radius 3 is 2.35 bits per heavy atom. The van der Waals surface area contributed by atoms with Crippen LogP contribution in [0.5, 0.6) is 5.75 Å². The molecule has 2 atom stereocenters. The molecule has 0 spiro atoms. The van der Waals surface area contributed by atoms with Crippen LogP contribution in [0.15, 0.2) is 24.3 Å². The minimum atomic E-state index is 0.0260. The van der Waals surface area contributed by atoms with Crippen molar-refractivity contribution < 1.29 is 9.53 Å². The molecule has 1 aromatic rings. The summed E-state index contributed by atoms with van der Waals surface area (Å²) < 4.78 is 5.20. The van der Waals surface area contributed by atoms with Crippen LogP contribution in [0.1, 0.15) is 45.2 Å². The lowest BCUT2D eigenvalue weighted by Gasteiger charge is -2.27. The molecule has 1 aliphatic carbocycles. The fourth-order valence-corrected chi connectivity index (χ4v) is 2.97. The molecule has 0 radical (unpaired) electrons. The standard InChI is InChI=1S/C19H30N2O2/c1-13(2)19(16-8-10-17(23-5)11-9-16)20-18(22)12-21(4)14(3)15-6-7-15/h8-11,13-15,19H,6-7,12H2,1-5H3,(H,20,22). The third kappa shape index (κ3) is 4.96. The first-order chi connectivity index (χ1) is 10.9. The van der Waals surface area contributed by atoms with Gasteiger partial charge in [0.05, 0.1) is 19.7 Å². The molecular weight excluding hydrogens is 288 g/mol. The van der Waals surface area contributed by atoms with Gasteiger partial charge in [0.1, 0.15) is 5.75 Å². The van der Waals surface area contributed by atoms with Crippen molar-refractivity contribution in [2.24, 2.45) is 11.8 Å². The zero-order valence-electron chi connectivity index (χ0n) is 15.0. The second-order valence-electron chi connectivity index (χ2n) is 7.06. The van der Waals surface area contributed by atoms with E-state index in [9.17, 15) is 4.79 Å². The van der Waals surface area contributed by atoms with E-state index in [4.69, 9.17) is 4.74 Å². The summed E-state index contributed by atoms with van der Waals surface area (Å²) in [6, 6.07) is 8.45. The maximum atomic E-state index is 12.4. The van der Waals surface area contributed by atoms with Crippen LogP contribution in [0.4, 0.5) is 0 Å². The summed E-state index contributed by atoms with van der Waals surface area (Å²) >= 11 is 0. The Hall–Kier alpha value is -1.55. The summed E-state index contributed by atoms with van der Waals surface area (Å²) in [5.74, 6) is 2.03. The summed E-state index contributed by atoms with van der Waals surface area (Å²) in [6.45, 7) is 6.93. The van der Waals surface area contributed by atoms with E-state index in [0.29, 0.717) is 18.5 Å². The Kier molecular flexibility index (Phi) is 6.05. The van der Waals surface area contributed by atoms with Crippen molar-refractivity contribution in [3.63, 3.8) is 0 Å². The van der Waals surface area contributed by atoms with Gasteiger partial charge in [-0.2, -0.15) is 0 Å². The Labute approximate surface area is 140 Å². The van der Waals surface area contributed by atoms with Crippen molar-refractivity contribution in [3.05, 3.63) is 29.8 Å². The normalized spacial score (nSPS) is 17.2. The quantitative estimate of drug-likeness (QED) is 0.800. The van der Waals surface area contributed by atoms with Crippen molar-refractivity contribution >= 4 is 5.91 Å². The minimum Gasteiger partial charge on any atom is -0.497 e. The Bertz CT molecular complexity index is 509. The van der Waals surface area contributed by atoms with Gasteiger partial charge in [-0.25, -0.2) is 0 Å². The van der Waals surface area contributed by atoms with Crippen molar-refractivity contribution in [2.75, 3.05) is 20.7 Å². The molecule has 2 unspecified atom stereocenters. The average Bonchev–Trinajstić information content (AvgIpc) is 3.36. The SMILES string of the molecule is COc1ccc(C(NC(=O)CN(C)C(C)C2CC2)C(C)C)cc1. The maximum Gasteiger partial charge on any atom is 0.234 e. The highest BCUT2D eigenvalue weighted by atomic mass is 16.5. The van der Waals surface area contributed by atoms with Crippen LogP contribution < -0.4 is 10.1 Å². The molecule has 1 amide bonds. The van der Waals surface area contributed by atoms with E-state index in [1.54, 1.807) is 7.11 Å². The molecule has 0 aliphatic heterocycles. The van der Waals surface area contributed by atoms with E-state index >= 15 is 0 Å². The number of ether oxygens (including phenoxy) is 1. The van der Waals surface area contributed by atoms with Gasteiger partial charge in [-0.3, -0.25) is 9.69 Å². The van der Waals surface area contributed by atoms with E-state index in [0.717, 1.165) is 17.2 Å². The molecule has 1 saturated carbocycles. The summed E-state index contributed by atoms with van der Waals surface area (Å²) in [4.78, 5) is 14.6. The van der Waals surface area contributed by atoms with E-state index < -0.39 is 0 Å². The number of hydrogen-bond donors (Lipinski definition) is 1. The number of carbonyl (C=O) groups excluding carboxylic acids is 1. The number of rotatable bonds is 8. The average molecular weight is 318 g/mol. The predicted octanol–water partition coefficient (Wildman–Crippen LogP) is 3.24. The third-order valence-electron chi connectivity index (χ3n) is 4.85. The van der Waals surface area contributed by atoms with Crippen molar-refractivity contribution in [1.29, 1.82) is 0 Å². The van der Waals surface area contributed by atoms with Gasteiger partial charge in [0.25, 0.3) is 0 Å². The third-order valence-corrected chi connectivity index (χ3v) is 4.85. The lowest BCUT2D eigenvalue weighted by molar-refractivity contribution is -0.123. The van der Waals surface area contributed by atoms with Crippen LogP contribution >= 0.6 is 0 Å². The molecule has 4 nitrogen and oxygen atoms in total. The van der Waals surface area contributed by atoms with Crippen LogP contribution in [0.25, 0.3) is 0 Å². The second-order valence-corrected chi connectivity index (χ2v) is 7.06. The number of carbonyl (C=O) groups is 1. The molecule has 0 saturated heterocycles. The number of nitrogens with one attached hydrogen (secondary N) is 1. The maximum absolute atomic E-state index is 12.4. The fourth-order valence-electron chi connectivity index (χ4n) is 2.97.